The monoisotopic (exact) mass is 518 g/mol. The molecule has 1 unspecified atom stereocenters. The molecule has 0 aromatic carbocycles. The third kappa shape index (κ3) is 13.8. The number of halogens is 1. The van der Waals surface area contributed by atoms with Crippen molar-refractivity contribution in [2.24, 2.45) is 11.8 Å². The summed E-state index contributed by atoms with van der Waals surface area (Å²) in [6.45, 7) is 22.0. The van der Waals surface area contributed by atoms with Gasteiger partial charge in [0.05, 0.1) is 0 Å². The van der Waals surface area contributed by atoms with Crippen molar-refractivity contribution in [3.05, 3.63) is 84.8 Å². The lowest BCUT2D eigenvalue weighted by molar-refractivity contribution is -0.114. The second-order valence-electron chi connectivity index (χ2n) is 7.77. The minimum Gasteiger partial charge on any atom is -0.319 e. The highest BCUT2D eigenvalue weighted by molar-refractivity contribution is 8.13. The summed E-state index contributed by atoms with van der Waals surface area (Å²) in [6, 6.07) is 0. The van der Waals surface area contributed by atoms with Gasteiger partial charge in [0.2, 0.25) is 0 Å². The van der Waals surface area contributed by atoms with Crippen molar-refractivity contribution in [1.82, 2.24) is 10.2 Å². The Kier molecular flexibility index (Phi) is 20.5. The molecular weight excluding hydrogens is 476 g/mol. The van der Waals surface area contributed by atoms with Crippen LogP contribution in [0.3, 0.4) is 0 Å². The number of carbonyl (C=O) groups is 1. The van der Waals surface area contributed by atoms with Crippen molar-refractivity contribution in [3.8, 4) is 0 Å². The zero-order valence-electron chi connectivity index (χ0n) is 22.2. The molecule has 0 heterocycles. The molecule has 5 nitrogen and oxygen atoms in total. The fraction of sp³-hybridized carbons (Fsp3) is 0.393. The van der Waals surface area contributed by atoms with E-state index in [-0.39, 0.29) is 11.0 Å². The van der Waals surface area contributed by atoms with E-state index in [1.54, 1.807) is 19.1 Å². The van der Waals surface area contributed by atoms with E-state index in [1.165, 1.54) is 34.0 Å². The van der Waals surface area contributed by atoms with E-state index in [0.717, 1.165) is 12.8 Å². The summed E-state index contributed by atoms with van der Waals surface area (Å²) in [7, 11) is 0. The smallest absolute Gasteiger partial charge is 0.291 e. The standard InChI is InChI=1S/C26H39ClN4OS.C2H4/c1-8-11-13-14-22(21(7)19(4)5)16-17-33-26(29)31(10-3)24(28)25(32)30-23(15-12-9-2)20(6)18-27;1-2/h9-15,18-19,21,28-29H,3,8,16-17H2,1-2,4-7H3,(H,30,32);1-2H2/b12-9-,13-11-,20-18+,22-14-,23-15+,28-24?,29-26?;. The summed E-state index contributed by atoms with van der Waals surface area (Å²) in [5, 5.41) is 19.4. The molecule has 0 saturated carbocycles. The fourth-order valence-corrected chi connectivity index (χ4v) is 3.60. The summed E-state index contributed by atoms with van der Waals surface area (Å²) in [6.07, 6.45) is 14.8. The summed E-state index contributed by atoms with van der Waals surface area (Å²) >= 11 is 7.08. The number of hydrogen-bond donors (Lipinski definition) is 3. The van der Waals surface area contributed by atoms with Gasteiger partial charge in [-0.3, -0.25) is 20.5 Å². The predicted molar refractivity (Wildman–Crippen MR) is 158 cm³/mol. The summed E-state index contributed by atoms with van der Waals surface area (Å²) < 4.78 is 0. The zero-order chi connectivity index (χ0) is 27.4. The number of hydrogen-bond acceptors (Lipinski definition) is 4. The number of rotatable bonds is 11. The molecule has 0 radical (unpaired) electrons. The van der Waals surface area contributed by atoms with E-state index in [2.05, 4.69) is 71.0 Å². The normalized spacial score (nSPS) is 13.4. The lowest BCUT2D eigenvalue weighted by Gasteiger charge is -2.22. The molecule has 0 fully saturated rings. The van der Waals surface area contributed by atoms with Crippen LogP contribution in [-0.2, 0) is 4.79 Å². The van der Waals surface area contributed by atoms with Crippen LogP contribution in [0.4, 0.5) is 0 Å². The average Bonchev–Trinajstić information content (AvgIpc) is 2.85. The van der Waals surface area contributed by atoms with Crippen molar-refractivity contribution in [1.29, 1.82) is 10.8 Å². The summed E-state index contributed by atoms with van der Waals surface area (Å²) in [5.74, 6) is 0.594. The first-order valence-electron chi connectivity index (χ1n) is 11.6. The second-order valence-corrected chi connectivity index (χ2v) is 9.07. The first-order valence-corrected chi connectivity index (χ1v) is 13.1. The largest absolute Gasteiger partial charge is 0.319 e. The maximum atomic E-state index is 12.7. The Morgan fingerprint density at radius 2 is 1.80 bits per heavy atom. The molecule has 0 aromatic rings. The number of allylic oxidation sites excluding steroid dienone is 8. The fourth-order valence-electron chi connectivity index (χ4n) is 2.64. The molecule has 1 atom stereocenters. The molecule has 1 amide bonds. The van der Waals surface area contributed by atoms with Gasteiger partial charge >= 0.3 is 0 Å². The molecule has 0 spiro atoms. The van der Waals surface area contributed by atoms with Crippen molar-refractivity contribution in [2.45, 2.75) is 54.4 Å². The number of carbonyl (C=O) groups excluding carboxylic acids is 1. The van der Waals surface area contributed by atoms with Gasteiger partial charge in [-0.2, -0.15) is 0 Å². The van der Waals surface area contributed by atoms with Crippen LogP contribution in [0.25, 0.3) is 0 Å². The molecule has 0 saturated heterocycles. The van der Waals surface area contributed by atoms with Gasteiger partial charge in [-0.25, -0.2) is 0 Å². The molecule has 0 aromatic heterocycles. The number of amidine groups is 2. The Balaban J connectivity index is 0. The van der Waals surface area contributed by atoms with Crippen LogP contribution in [0.2, 0.25) is 0 Å². The van der Waals surface area contributed by atoms with Crippen LogP contribution in [0, 0.1) is 22.7 Å². The minimum absolute atomic E-state index is 0.0781. The molecular formula is C28H43ClN4OS. The molecule has 0 aliphatic carbocycles. The van der Waals surface area contributed by atoms with Crippen molar-refractivity contribution in [2.75, 3.05) is 5.75 Å². The molecule has 0 aliphatic heterocycles. The summed E-state index contributed by atoms with van der Waals surface area (Å²) in [4.78, 5) is 13.8. The highest BCUT2D eigenvalue weighted by atomic mass is 35.5. The molecule has 194 valence electrons. The highest BCUT2D eigenvalue weighted by Crippen LogP contribution is 2.25. The van der Waals surface area contributed by atoms with Crippen molar-refractivity contribution in [3.63, 3.8) is 0 Å². The Bertz CT molecular complexity index is 853. The topological polar surface area (TPSA) is 80.0 Å². The number of amides is 1. The third-order valence-corrected chi connectivity index (χ3v) is 6.25. The second kappa shape index (κ2) is 20.8. The molecule has 3 N–H and O–H groups in total. The van der Waals surface area contributed by atoms with Gasteiger partial charge in [-0.1, -0.05) is 93.6 Å². The molecule has 0 rings (SSSR count). The van der Waals surface area contributed by atoms with Crippen LogP contribution < -0.4 is 5.32 Å². The van der Waals surface area contributed by atoms with Crippen LogP contribution in [-0.4, -0.2) is 27.6 Å². The van der Waals surface area contributed by atoms with Gasteiger partial charge in [0.15, 0.2) is 11.0 Å². The Hall–Kier alpha value is -2.57. The van der Waals surface area contributed by atoms with Gasteiger partial charge < -0.3 is 5.32 Å². The number of nitrogens with one attached hydrogen (secondary N) is 3. The zero-order valence-corrected chi connectivity index (χ0v) is 23.7. The Labute approximate surface area is 222 Å². The molecule has 0 bridgehead atoms. The average molecular weight is 519 g/mol. The third-order valence-electron chi connectivity index (χ3n) is 5.05. The van der Waals surface area contributed by atoms with Gasteiger partial charge in [-0.05, 0) is 50.2 Å². The number of nitrogens with zero attached hydrogens (tertiary/aromatic N) is 1. The van der Waals surface area contributed by atoms with E-state index in [0.29, 0.717) is 28.9 Å². The SMILES string of the molecule is C=C.C=CN(C(=N)SCC/C(=C/C=C\CC)C(C)C(C)C)C(=N)C(=O)NC(=C/C=C\C)/C(C)=C/Cl. The predicted octanol–water partition coefficient (Wildman–Crippen LogP) is 8.17. The Morgan fingerprint density at radius 1 is 1.17 bits per heavy atom. The number of thioether (sulfide) groups is 1. The van der Waals surface area contributed by atoms with Gasteiger partial charge in [0.25, 0.3) is 5.91 Å². The first-order chi connectivity index (χ1) is 16.6. The maximum absolute atomic E-state index is 12.7. The van der Waals surface area contributed by atoms with E-state index in [9.17, 15) is 4.79 Å². The van der Waals surface area contributed by atoms with Gasteiger partial charge in [0, 0.05) is 23.2 Å². The first kappa shape index (κ1) is 34.6. The molecule has 7 heteroatoms. The van der Waals surface area contributed by atoms with E-state index in [4.69, 9.17) is 22.4 Å². The quantitative estimate of drug-likeness (QED) is 0.112. The van der Waals surface area contributed by atoms with Crippen LogP contribution in [0.5, 0.6) is 0 Å². The van der Waals surface area contributed by atoms with Crippen LogP contribution >= 0.6 is 23.4 Å². The minimum atomic E-state index is -0.646. The van der Waals surface area contributed by atoms with Crippen molar-refractivity contribution >= 4 is 40.3 Å². The van der Waals surface area contributed by atoms with E-state index in [1.807, 2.05) is 13.0 Å². The molecule has 0 aliphatic rings. The molecule has 35 heavy (non-hydrogen) atoms. The lowest BCUT2D eigenvalue weighted by Crippen LogP contribution is -2.41. The van der Waals surface area contributed by atoms with Crippen LogP contribution in [0.1, 0.15) is 54.4 Å². The summed E-state index contributed by atoms with van der Waals surface area (Å²) in [5.41, 5.74) is 3.83. The van der Waals surface area contributed by atoms with E-state index >= 15 is 0 Å². The Morgan fingerprint density at radius 3 is 2.29 bits per heavy atom. The van der Waals surface area contributed by atoms with E-state index < -0.39 is 5.91 Å². The highest BCUT2D eigenvalue weighted by Gasteiger charge is 2.21. The van der Waals surface area contributed by atoms with Crippen LogP contribution in [0.15, 0.2) is 84.8 Å². The van der Waals surface area contributed by atoms with Gasteiger partial charge in [0.1, 0.15) is 0 Å². The lowest BCUT2D eigenvalue weighted by atomic mass is 9.88. The maximum Gasteiger partial charge on any atom is 0.291 e. The van der Waals surface area contributed by atoms with Crippen molar-refractivity contribution < 1.29 is 4.79 Å². The van der Waals surface area contributed by atoms with Gasteiger partial charge in [-0.15, -0.1) is 13.2 Å².